The van der Waals surface area contributed by atoms with Gasteiger partial charge in [0.2, 0.25) is 0 Å². The van der Waals surface area contributed by atoms with Gasteiger partial charge in [-0.1, -0.05) is 35.9 Å². The van der Waals surface area contributed by atoms with Crippen LogP contribution in [0.25, 0.3) is 0 Å². The molecule has 0 amide bonds. The Morgan fingerprint density at radius 3 is 2.42 bits per heavy atom. The van der Waals surface area contributed by atoms with E-state index in [1.165, 1.54) is 11.1 Å². The van der Waals surface area contributed by atoms with Crippen LogP contribution in [0.3, 0.4) is 0 Å². The third-order valence-corrected chi connectivity index (χ3v) is 4.17. The van der Waals surface area contributed by atoms with Crippen LogP contribution in [-0.2, 0) is 6.42 Å². The molecule has 5 nitrogen and oxygen atoms in total. The number of aliphatic imine (C=N–C) groups is 1. The quantitative estimate of drug-likeness (QED) is 0.374. The van der Waals surface area contributed by atoms with E-state index in [1.54, 1.807) is 7.05 Å². The minimum atomic E-state index is 0. The molecule has 1 aromatic heterocycles. The second kappa shape index (κ2) is 11.9. The van der Waals surface area contributed by atoms with Gasteiger partial charge in [0.25, 0.3) is 0 Å². The van der Waals surface area contributed by atoms with Crippen molar-refractivity contribution in [1.82, 2.24) is 20.5 Å². The van der Waals surface area contributed by atoms with Gasteiger partial charge in [-0.2, -0.15) is 0 Å². The van der Waals surface area contributed by atoms with Crippen LogP contribution >= 0.6 is 24.0 Å². The molecule has 0 spiro atoms. The van der Waals surface area contributed by atoms with Crippen LogP contribution in [0.2, 0.25) is 0 Å². The number of rotatable bonds is 7. The van der Waals surface area contributed by atoms with Gasteiger partial charge in [0, 0.05) is 38.4 Å². The fraction of sp³-hybridized carbons (Fsp3) is 0.400. The number of nitrogens with zero attached hydrogens (tertiary/aromatic N) is 3. The Bertz CT molecular complexity index is 656. The maximum absolute atomic E-state index is 4.34. The van der Waals surface area contributed by atoms with Crippen LogP contribution < -0.4 is 10.6 Å². The van der Waals surface area contributed by atoms with Crippen LogP contribution in [0.15, 0.2) is 53.7 Å². The van der Waals surface area contributed by atoms with Crippen LogP contribution in [0.5, 0.6) is 0 Å². The molecule has 6 heteroatoms. The molecule has 0 fully saturated rings. The van der Waals surface area contributed by atoms with Crippen LogP contribution in [0.1, 0.15) is 22.9 Å². The van der Waals surface area contributed by atoms with Gasteiger partial charge in [-0.3, -0.25) is 9.98 Å². The predicted molar refractivity (Wildman–Crippen MR) is 120 cm³/mol. The highest BCUT2D eigenvalue weighted by molar-refractivity contribution is 14.0. The number of hydrogen-bond acceptors (Lipinski definition) is 3. The summed E-state index contributed by atoms with van der Waals surface area (Å²) < 4.78 is 0. The first kappa shape index (κ1) is 22.4. The number of benzene rings is 1. The van der Waals surface area contributed by atoms with Crippen molar-refractivity contribution < 1.29 is 0 Å². The maximum Gasteiger partial charge on any atom is 0.191 e. The highest BCUT2D eigenvalue weighted by Gasteiger charge is 2.14. The molecule has 2 rings (SSSR count). The summed E-state index contributed by atoms with van der Waals surface area (Å²) in [6, 6.07) is 15.0. The lowest BCUT2D eigenvalue weighted by Crippen LogP contribution is -2.42. The Morgan fingerprint density at radius 1 is 1.12 bits per heavy atom. The lowest BCUT2D eigenvalue weighted by Gasteiger charge is -2.26. The first-order chi connectivity index (χ1) is 12.1. The fourth-order valence-electron chi connectivity index (χ4n) is 2.66. The van der Waals surface area contributed by atoms with Crippen molar-refractivity contribution in [3.05, 3.63) is 65.5 Å². The van der Waals surface area contributed by atoms with Crippen molar-refractivity contribution in [3.8, 4) is 0 Å². The van der Waals surface area contributed by atoms with Crippen molar-refractivity contribution in [2.24, 2.45) is 4.99 Å². The molecule has 0 aliphatic heterocycles. The highest BCUT2D eigenvalue weighted by Crippen LogP contribution is 2.17. The largest absolute Gasteiger partial charge is 0.356 e. The Kier molecular flexibility index (Phi) is 10.2. The topological polar surface area (TPSA) is 52.6 Å². The molecule has 0 saturated carbocycles. The molecule has 2 aromatic rings. The first-order valence-corrected chi connectivity index (χ1v) is 8.67. The number of pyridine rings is 1. The van der Waals surface area contributed by atoms with Crippen LogP contribution in [0.4, 0.5) is 0 Å². The van der Waals surface area contributed by atoms with E-state index >= 15 is 0 Å². The SMILES string of the molecule is CN=C(NCCc1ccccn1)NCC(c1ccc(C)cc1)N(C)C.I. The molecule has 0 radical (unpaired) electrons. The summed E-state index contributed by atoms with van der Waals surface area (Å²) in [7, 11) is 6.00. The van der Waals surface area contributed by atoms with Crippen molar-refractivity contribution in [2.75, 3.05) is 34.2 Å². The van der Waals surface area contributed by atoms with Gasteiger partial charge in [-0.05, 0) is 38.7 Å². The molecule has 1 heterocycles. The standard InChI is InChI=1S/C20H29N5.HI/c1-16-8-10-17(11-9-16)19(25(3)4)15-24-20(21-2)23-14-12-18-7-5-6-13-22-18;/h5-11,13,19H,12,14-15H2,1-4H3,(H2,21,23,24);1H. The zero-order valence-corrected chi connectivity index (χ0v) is 18.4. The van der Waals surface area contributed by atoms with Gasteiger partial charge in [0.05, 0.1) is 6.04 Å². The Labute approximate surface area is 174 Å². The number of hydrogen-bond donors (Lipinski definition) is 2. The maximum atomic E-state index is 4.34. The molecule has 2 N–H and O–H groups in total. The number of aryl methyl sites for hydroxylation is 1. The van der Waals surface area contributed by atoms with Crippen LogP contribution in [-0.4, -0.2) is 50.1 Å². The van der Waals surface area contributed by atoms with Crippen molar-refractivity contribution >= 4 is 29.9 Å². The van der Waals surface area contributed by atoms with Gasteiger partial charge in [0.1, 0.15) is 0 Å². The Morgan fingerprint density at radius 2 is 1.85 bits per heavy atom. The molecule has 0 aliphatic carbocycles. The molecule has 142 valence electrons. The van der Waals surface area contributed by atoms with E-state index in [4.69, 9.17) is 0 Å². The average Bonchev–Trinajstić information content (AvgIpc) is 2.62. The zero-order chi connectivity index (χ0) is 18.1. The number of halogens is 1. The first-order valence-electron chi connectivity index (χ1n) is 8.67. The van der Waals surface area contributed by atoms with Crippen molar-refractivity contribution in [3.63, 3.8) is 0 Å². The molecule has 0 aliphatic rings. The predicted octanol–water partition coefficient (Wildman–Crippen LogP) is 3.02. The van der Waals surface area contributed by atoms with Gasteiger partial charge < -0.3 is 15.5 Å². The van der Waals surface area contributed by atoms with E-state index in [0.717, 1.165) is 31.2 Å². The third kappa shape index (κ3) is 7.29. The van der Waals surface area contributed by atoms with Gasteiger partial charge in [0.15, 0.2) is 5.96 Å². The molecule has 26 heavy (non-hydrogen) atoms. The summed E-state index contributed by atoms with van der Waals surface area (Å²) in [5.41, 5.74) is 3.66. The molecule has 1 unspecified atom stereocenters. The van der Waals surface area contributed by atoms with Crippen molar-refractivity contribution in [1.29, 1.82) is 0 Å². The molecule has 1 atom stereocenters. The second-order valence-electron chi connectivity index (χ2n) is 6.34. The van der Waals surface area contributed by atoms with Crippen molar-refractivity contribution in [2.45, 2.75) is 19.4 Å². The third-order valence-electron chi connectivity index (χ3n) is 4.17. The number of guanidine groups is 1. The average molecular weight is 467 g/mol. The summed E-state index contributed by atoms with van der Waals surface area (Å²) in [5, 5.41) is 6.78. The molecular weight excluding hydrogens is 437 g/mol. The summed E-state index contributed by atoms with van der Waals surface area (Å²) in [6.45, 7) is 3.70. The Balaban J connectivity index is 0.00000338. The van der Waals surface area contributed by atoms with E-state index < -0.39 is 0 Å². The Hall–Kier alpha value is -1.67. The summed E-state index contributed by atoms with van der Waals surface area (Å²) >= 11 is 0. The lowest BCUT2D eigenvalue weighted by atomic mass is 10.0. The van der Waals surface area contributed by atoms with Gasteiger partial charge in [-0.15, -0.1) is 24.0 Å². The number of aromatic nitrogens is 1. The smallest absolute Gasteiger partial charge is 0.191 e. The molecule has 0 saturated heterocycles. The summed E-state index contributed by atoms with van der Waals surface area (Å²) in [6.07, 6.45) is 2.70. The van der Waals surface area contributed by atoms with E-state index in [0.29, 0.717) is 0 Å². The summed E-state index contributed by atoms with van der Waals surface area (Å²) in [5.74, 6) is 0.815. The monoisotopic (exact) mass is 467 g/mol. The van der Waals surface area contributed by atoms with Gasteiger partial charge >= 0.3 is 0 Å². The molecular formula is C20H30IN5. The molecule has 0 bridgehead atoms. The summed E-state index contributed by atoms with van der Waals surface area (Å²) in [4.78, 5) is 10.9. The van der Waals surface area contributed by atoms with E-state index in [2.05, 4.69) is 70.8 Å². The minimum absolute atomic E-state index is 0. The lowest BCUT2D eigenvalue weighted by molar-refractivity contribution is 0.298. The number of nitrogens with one attached hydrogen (secondary N) is 2. The van der Waals surface area contributed by atoms with E-state index in [9.17, 15) is 0 Å². The minimum Gasteiger partial charge on any atom is -0.356 e. The van der Waals surface area contributed by atoms with E-state index in [1.807, 2.05) is 24.4 Å². The van der Waals surface area contributed by atoms with E-state index in [-0.39, 0.29) is 30.0 Å². The normalized spacial score (nSPS) is 12.4. The second-order valence-corrected chi connectivity index (χ2v) is 6.34. The fourth-order valence-corrected chi connectivity index (χ4v) is 2.66. The number of likely N-dealkylation sites (N-methyl/N-ethyl adjacent to an activating group) is 1. The zero-order valence-electron chi connectivity index (χ0n) is 16.1. The van der Waals surface area contributed by atoms with Gasteiger partial charge in [-0.25, -0.2) is 0 Å². The highest BCUT2D eigenvalue weighted by atomic mass is 127. The molecule has 1 aromatic carbocycles. The van der Waals surface area contributed by atoms with Crippen LogP contribution in [0, 0.1) is 6.92 Å².